The largest absolute Gasteiger partial charge is 0.348 e. The summed E-state index contributed by atoms with van der Waals surface area (Å²) in [6, 6.07) is 13.4. The summed E-state index contributed by atoms with van der Waals surface area (Å²) < 4.78 is 0. The predicted octanol–water partition coefficient (Wildman–Crippen LogP) is 2.81. The van der Waals surface area contributed by atoms with Crippen LogP contribution in [-0.2, 0) is 17.8 Å². The van der Waals surface area contributed by atoms with Crippen LogP contribution in [0.15, 0.2) is 42.5 Å². The van der Waals surface area contributed by atoms with E-state index in [2.05, 4.69) is 10.6 Å². The van der Waals surface area contributed by atoms with E-state index in [9.17, 15) is 9.59 Å². The van der Waals surface area contributed by atoms with E-state index in [-0.39, 0.29) is 11.8 Å². The zero-order chi connectivity index (χ0) is 15.5. The van der Waals surface area contributed by atoms with Crippen LogP contribution in [0, 0.1) is 6.92 Å². The third-order valence-electron chi connectivity index (χ3n) is 3.91. The third-order valence-corrected chi connectivity index (χ3v) is 3.91. The van der Waals surface area contributed by atoms with Crippen LogP contribution in [0.1, 0.15) is 33.5 Å². The first kappa shape index (κ1) is 14.3. The summed E-state index contributed by atoms with van der Waals surface area (Å²) in [4.78, 5) is 23.5. The maximum Gasteiger partial charge on any atom is 0.251 e. The molecule has 1 aliphatic rings. The fraction of sp³-hybridized carbons (Fsp3) is 0.222. The second-order valence-corrected chi connectivity index (χ2v) is 5.54. The van der Waals surface area contributed by atoms with Crippen LogP contribution in [0.4, 0.5) is 5.69 Å². The highest BCUT2D eigenvalue weighted by molar-refractivity contribution is 5.95. The molecule has 2 N–H and O–H groups in total. The lowest BCUT2D eigenvalue weighted by Crippen LogP contribution is -2.24. The van der Waals surface area contributed by atoms with Crippen LogP contribution in [0.2, 0.25) is 0 Å². The average molecular weight is 294 g/mol. The number of fused-ring (bicyclic) bond motifs is 1. The van der Waals surface area contributed by atoms with Gasteiger partial charge >= 0.3 is 0 Å². The van der Waals surface area contributed by atoms with Gasteiger partial charge in [-0.1, -0.05) is 30.3 Å². The first-order chi connectivity index (χ1) is 10.6. The van der Waals surface area contributed by atoms with E-state index in [0.29, 0.717) is 18.5 Å². The molecule has 1 aliphatic heterocycles. The lowest BCUT2D eigenvalue weighted by atomic mass is 10.0. The van der Waals surface area contributed by atoms with Gasteiger partial charge in [0.1, 0.15) is 0 Å². The van der Waals surface area contributed by atoms with Gasteiger partial charge in [0.25, 0.3) is 5.91 Å². The topological polar surface area (TPSA) is 58.2 Å². The highest BCUT2D eigenvalue weighted by atomic mass is 16.2. The number of hydrogen-bond donors (Lipinski definition) is 2. The van der Waals surface area contributed by atoms with Gasteiger partial charge < -0.3 is 10.6 Å². The summed E-state index contributed by atoms with van der Waals surface area (Å²) >= 11 is 0. The monoisotopic (exact) mass is 294 g/mol. The van der Waals surface area contributed by atoms with E-state index in [1.54, 1.807) is 0 Å². The van der Waals surface area contributed by atoms with Crippen molar-refractivity contribution in [2.75, 3.05) is 5.32 Å². The first-order valence-corrected chi connectivity index (χ1v) is 7.39. The quantitative estimate of drug-likeness (QED) is 0.914. The fourth-order valence-electron chi connectivity index (χ4n) is 2.65. The van der Waals surface area contributed by atoms with Gasteiger partial charge in [-0.3, -0.25) is 9.59 Å². The SMILES string of the molecule is Cc1ccccc1C(=O)NCc1ccc2c(c1)CCC(=O)N2. The lowest BCUT2D eigenvalue weighted by Gasteiger charge is -2.17. The molecular formula is C18H18N2O2. The number of amides is 2. The summed E-state index contributed by atoms with van der Waals surface area (Å²) in [6.45, 7) is 2.41. The molecule has 2 aromatic rings. The number of carbonyl (C=O) groups excluding carboxylic acids is 2. The first-order valence-electron chi connectivity index (χ1n) is 7.39. The number of benzene rings is 2. The van der Waals surface area contributed by atoms with Crippen LogP contribution >= 0.6 is 0 Å². The molecule has 0 aliphatic carbocycles. The van der Waals surface area contributed by atoms with E-state index in [0.717, 1.165) is 28.8 Å². The molecular weight excluding hydrogens is 276 g/mol. The van der Waals surface area contributed by atoms with Gasteiger partial charge in [0, 0.05) is 24.2 Å². The zero-order valence-corrected chi connectivity index (χ0v) is 12.5. The number of aryl methyl sites for hydroxylation is 2. The van der Waals surface area contributed by atoms with Crippen LogP contribution in [0.5, 0.6) is 0 Å². The molecule has 0 saturated heterocycles. The van der Waals surface area contributed by atoms with Gasteiger partial charge in [-0.05, 0) is 42.2 Å². The molecule has 1 heterocycles. The molecule has 3 rings (SSSR count). The van der Waals surface area contributed by atoms with E-state index >= 15 is 0 Å². The molecule has 0 fully saturated rings. The molecule has 4 nitrogen and oxygen atoms in total. The Morgan fingerprint density at radius 2 is 2.00 bits per heavy atom. The molecule has 0 atom stereocenters. The fourth-order valence-corrected chi connectivity index (χ4v) is 2.65. The molecule has 2 aromatic carbocycles. The molecule has 0 saturated carbocycles. The predicted molar refractivity (Wildman–Crippen MR) is 85.7 cm³/mol. The van der Waals surface area contributed by atoms with Crippen LogP contribution in [0.25, 0.3) is 0 Å². The molecule has 0 radical (unpaired) electrons. The number of nitrogens with one attached hydrogen (secondary N) is 2. The minimum atomic E-state index is -0.0656. The minimum Gasteiger partial charge on any atom is -0.348 e. The third kappa shape index (κ3) is 3.01. The van der Waals surface area contributed by atoms with E-state index in [4.69, 9.17) is 0 Å². The minimum absolute atomic E-state index is 0.0631. The second-order valence-electron chi connectivity index (χ2n) is 5.54. The Kier molecular flexibility index (Phi) is 3.92. The maximum absolute atomic E-state index is 12.2. The van der Waals surface area contributed by atoms with Gasteiger partial charge in [0.2, 0.25) is 5.91 Å². The smallest absolute Gasteiger partial charge is 0.251 e. The van der Waals surface area contributed by atoms with Crippen LogP contribution in [-0.4, -0.2) is 11.8 Å². The molecule has 112 valence electrons. The number of carbonyl (C=O) groups is 2. The number of rotatable bonds is 3. The van der Waals surface area contributed by atoms with Crippen molar-refractivity contribution in [3.8, 4) is 0 Å². The standard InChI is InChI=1S/C18H18N2O2/c1-12-4-2-3-5-15(12)18(22)19-11-13-6-8-16-14(10-13)7-9-17(21)20-16/h2-6,8,10H,7,9,11H2,1H3,(H,19,22)(H,20,21). The Bertz CT molecular complexity index is 738. The van der Waals surface area contributed by atoms with Crippen molar-refractivity contribution >= 4 is 17.5 Å². The highest BCUT2D eigenvalue weighted by Gasteiger charge is 2.15. The summed E-state index contributed by atoms with van der Waals surface area (Å²) in [6.07, 6.45) is 1.27. The average Bonchev–Trinajstić information content (AvgIpc) is 2.53. The van der Waals surface area contributed by atoms with Gasteiger partial charge in [-0.25, -0.2) is 0 Å². The summed E-state index contributed by atoms with van der Waals surface area (Å²) in [5, 5.41) is 5.80. The van der Waals surface area contributed by atoms with Crippen molar-refractivity contribution in [3.63, 3.8) is 0 Å². The van der Waals surface area contributed by atoms with E-state index in [1.165, 1.54) is 0 Å². The lowest BCUT2D eigenvalue weighted by molar-refractivity contribution is -0.116. The zero-order valence-electron chi connectivity index (χ0n) is 12.5. The van der Waals surface area contributed by atoms with Crippen molar-refractivity contribution in [2.45, 2.75) is 26.3 Å². The van der Waals surface area contributed by atoms with Crippen molar-refractivity contribution < 1.29 is 9.59 Å². The Balaban J connectivity index is 1.68. The van der Waals surface area contributed by atoms with Gasteiger partial charge in [-0.15, -0.1) is 0 Å². The molecule has 0 aromatic heterocycles. The highest BCUT2D eigenvalue weighted by Crippen LogP contribution is 2.23. The molecule has 0 bridgehead atoms. The second kappa shape index (κ2) is 6.02. The Labute approximate surface area is 129 Å². The molecule has 0 spiro atoms. The molecule has 0 unspecified atom stereocenters. The van der Waals surface area contributed by atoms with Crippen LogP contribution in [0.3, 0.4) is 0 Å². The normalized spacial score (nSPS) is 13.2. The molecule has 2 amide bonds. The van der Waals surface area contributed by atoms with Gasteiger partial charge in [0.15, 0.2) is 0 Å². The number of hydrogen-bond acceptors (Lipinski definition) is 2. The van der Waals surface area contributed by atoms with E-state index in [1.807, 2.05) is 49.4 Å². The summed E-state index contributed by atoms with van der Waals surface area (Å²) in [5.41, 5.74) is 4.71. The Morgan fingerprint density at radius 3 is 2.82 bits per heavy atom. The Hall–Kier alpha value is -2.62. The molecule has 22 heavy (non-hydrogen) atoms. The van der Waals surface area contributed by atoms with Crippen molar-refractivity contribution in [1.29, 1.82) is 0 Å². The summed E-state index contributed by atoms with van der Waals surface area (Å²) in [5.74, 6) is -0.00257. The van der Waals surface area contributed by atoms with Gasteiger partial charge in [-0.2, -0.15) is 0 Å². The number of anilines is 1. The van der Waals surface area contributed by atoms with Crippen molar-refractivity contribution in [2.24, 2.45) is 0 Å². The maximum atomic E-state index is 12.2. The van der Waals surface area contributed by atoms with Gasteiger partial charge in [0.05, 0.1) is 0 Å². The Morgan fingerprint density at radius 1 is 1.18 bits per heavy atom. The van der Waals surface area contributed by atoms with Crippen molar-refractivity contribution in [1.82, 2.24) is 5.32 Å². The van der Waals surface area contributed by atoms with Crippen molar-refractivity contribution in [3.05, 3.63) is 64.7 Å². The van der Waals surface area contributed by atoms with Crippen LogP contribution < -0.4 is 10.6 Å². The molecule has 4 heteroatoms. The summed E-state index contributed by atoms with van der Waals surface area (Å²) in [7, 11) is 0. The van der Waals surface area contributed by atoms with E-state index < -0.39 is 0 Å².